The van der Waals surface area contributed by atoms with Gasteiger partial charge in [0.05, 0.1) is 16.6 Å². The van der Waals surface area contributed by atoms with Gasteiger partial charge < -0.3 is 10.2 Å². The third-order valence-corrected chi connectivity index (χ3v) is 3.55. The molecule has 1 heterocycles. The summed E-state index contributed by atoms with van der Waals surface area (Å²) in [5.41, 5.74) is 1.09. The van der Waals surface area contributed by atoms with E-state index in [2.05, 4.69) is 23.2 Å². The second-order valence-corrected chi connectivity index (χ2v) is 4.91. The summed E-state index contributed by atoms with van der Waals surface area (Å²) in [6.07, 6.45) is 1.87. The summed E-state index contributed by atoms with van der Waals surface area (Å²) in [5, 5.41) is 23.5. The van der Waals surface area contributed by atoms with E-state index in [0.717, 1.165) is 32.5 Å². The Balaban J connectivity index is 2.44. The van der Waals surface area contributed by atoms with Crippen LogP contribution in [-0.2, 0) is 0 Å². The number of hydrogen-bond acceptors (Lipinski definition) is 5. The maximum Gasteiger partial charge on any atom is 0.292 e. The summed E-state index contributed by atoms with van der Waals surface area (Å²) >= 11 is 0. The number of nitriles is 1. The summed E-state index contributed by atoms with van der Waals surface area (Å²) in [6, 6.07) is 6.87. The van der Waals surface area contributed by atoms with E-state index >= 15 is 0 Å². The Bertz CT molecular complexity index is 532. The molecule has 0 aliphatic carbocycles. The van der Waals surface area contributed by atoms with Gasteiger partial charge in [-0.25, -0.2) is 0 Å². The van der Waals surface area contributed by atoms with Crippen LogP contribution in [0.2, 0.25) is 0 Å². The predicted molar refractivity (Wildman–Crippen MR) is 76.7 cm³/mol. The fraction of sp³-hybridized carbons (Fsp3) is 0.500. The second-order valence-electron chi connectivity index (χ2n) is 4.91. The third kappa shape index (κ3) is 2.89. The molecule has 0 bridgehead atoms. The molecule has 20 heavy (non-hydrogen) atoms. The van der Waals surface area contributed by atoms with E-state index in [1.54, 1.807) is 6.07 Å². The van der Waals surface area contributed by atoms with Gasteiger partial charge in [-0.05, 0) is 31.5 Å². The molecule has 1 aliphatic heterocycles. The Kier molecular flexibility index (Phi) is 4.53. The molecule has 1 aromatic carbocycles. The van der Waals surface area contributed by atoms with Crippen molar-refractivity contribution >= 4 is 11.4 Å². The molecule has 1 fully saturated rings. The van der Waals surface area contributed by atoms with Gasteiger partial charge in [0.1, 0.15) is 5.69 Å². The molecule has 1 atom stereocenters. The average Bonchev–Trinajstić information content (AvgIpc) is 2.97. The minimum absolute atomic E-state index is 0.0735. The summed E-state index contributed by atoms with van der Waals surface area (Å²) in [4.78, 5) is 12.9. The summed E-state index contributed by atoms with van der Waals surface area (Å²) < 4.78 is 0. The number of benzene rings is 1. The van der Waals surface area contributed by atoms with Gasteiger partial charge in [0, 0.05) is 25.2 Å². The van der Waals surface area contributed by atoms with Gasteiger partial charge in [-0.2, -0.15) is 5.26 Å². The van der Waals surface area contributed by atoms with Crippen LogP contribution in [0.15, 0.2) is 18.2 Å². The molecule has 106 valence electrons. The van der Waals surface area contributed by atoms with Crippen LogP contribution in [0.25, 0.3) is 0 Å². The molecular formula is C14H18N4O2. The van der Waals surface area contributed by atoms with Crippen molar-refractivity contribution in [2.24, 2.45) is 0 Å². The Morgan fingerprint density at radius 2 is 2.40 bits per heavy atom. The minimum Gasteiger partial charge on any atom is -0.362 e. The molecule has 0 saturated carbocycles. The van der Waals surface area contributed by atoms with E-state index < -0.39 is 0 Å². The Morgan fingerprint density at radius 3 is 2.95 bits per heavy atom. The number of nitrogens with zero attached hydrogens (tertiary/aromatic N) is 3. The first-order valence-electron chi connectivity index (χ1n) is 6.83. The lowest BCUT2D eigenvalue weighted by Gasteiger charge is -2.30. The van der Waals surface area contributed by atoms with Crippen molar-refractivity contribution < 1.29 is 4.92 Å². The average molecular weight is 274 g/mol. The zero-order valence-electron chi connectivity index (χ0n) is 11.5. The maximum atomic E-state index is 11.2. The standard InChI is InChI=1S/C14H18N4O2/c1-2-7-17(12-5-6-16-10-12)14-8-11(9-15)3-4-13(14)18(19)20/h3-4,8,12,16H,2,5-7,10H2,1H3. The molecule has 1 N–H and O–H groups in total. The lowest BCUT2D eigenvalue weighted by Crippen LogP contribution is -2.38. The SMILES string of the molecule is CCCN(c1cc(C#N)ccc1[N+](=O)[O-])C1CCNC1. The highest BCUT2D eigenvalue weighted by Crippen LogP contribution is 2.32. The Morgan fingerprint density at radius 1 is 1.60 bits per heavy atom. The van der Waals surface area contributed by atoms with Crippen LogP contribution in [0.5, 0.6) is 0 Å². The third-order valence-electron chi connectivity index (χ3n) is 3.55. The van der Waals surface area contributed by atoms with Gasteiger partial charge in [-0.15, -0.1) is 0 Å². The molecule has 0 spiro atoms. The van der Waals surface area contributed by atoms with E-state index in [9.17, 15) is 10.1 Å². The number of rotatable bonds is 5. The van der Waals surface area contributed by atoms with Crippen molar-refractivity contribution in [2.45, 2.75) is 25.8 Å². The van der Waals surface area contributed by atoms with Crippen molar-refractivity contribution in [1.29, 1.82) is 5.26 Å². The topological polar surface area (TPSA) is 82.2 Å². The molecule has 6 nitrogen and oxygen atoms in total. The van der Waals surface area contributed by atoms with Crippen LogP contribution in [0.3, 0.4) is 0 Å². The van der Waals surface area contributed by atoms with Crippen LogP contribution >= 0.6 is 0 Å². The van der Waals surface area contributed by atoms with Crippen LogP contribution in [-0.4, -0.2) is 30.6 Å². The van der Waals surface area contributed by atoms with E-state index in [4.69, 9.17) is 5.26 Å². The fourth-order valence-corrected chi connectivity index (χ4v) is 2.62. The van der Waals surface area contributed by atoms with Crippen molar-refractivity contribution in [3.05, 3.63) is 33.9 Å². The first-order valence-corrected chi connectivity index (χ1v) is 6.83. The zero-order chi connectivity index (χ0) is 14.5. The summed E-state index contributed by atoms with van der Waals surface area (Å²) in [5.74, 6) is 0. The number of nitro benzene ring substituents is 1. The van der Waals surface area contributed by atoms with E-state index in [-0.39, 0.29) is 16.7 Å². The molecule has 6 heteroatoms. The molecule has 1 saturated heterocycles. The van der Waals surface area contributed by atoms with Gasteiger partial charge in [-0.3, -0.25) is 10.1 Å². The maximum absolute atomic E-state index is 11.2. The summed E-state index contributed by atoms with van der Waals surface area (Å²) in [7, 11) is 0. The number of anilines is 1. The highest BCUT2D eigenvalue weighted by atomic mass is 16.6. The van der Waals surface area contributed by atoms with Crippen molar-refractivity contribution in [3.63, 3.8) is 0 Å². The normalized spacial score (nSPS) is 17.7. The lowest BCUT2D eigenvalue weighted by atomic mass is 10.1. The number of nitro groups is 1. The molecule has 1 aliphatic rings. The van der Waals surface area contributed by atoms with Crippen LogP contribution < -0.4 is 10.2 Å². The van der Waals surface area contributed by atoms with E-state index in [1.807, 2.05) is 0 Å². The highest BCUT2D eigenvalue weighted by Gasteiger charge is 2.27. The fourth-order valence-electron chi connectivity index (χ4n) is 2.62. The molecule has 0 aromatic heterocycles. The van der Waals surface area contributed by atoms with Crippen molar-refractivity contribution in [2.75, 3.05) is 24.5 Å². The van der Waals surface area contributed by atoms with E-state index in [1.165, 1.54) is 12.1 Å². The molecule has 1 unspecified atom stereocenters. The van der Waals surface area contributed by atoms with Crippen LogP contribution in [0.1, 0.15) is 25.3 Å². The minimum atomic E-state index is -0.373. The first-order chi connectivity index (χ1) is 9.67. The molecule has 0 amide bonds. The van der Waals surface area contributed by atoms with Crippen LogP contribution in [0, 0.1) is 21.4 Å². The Labute approximate surface area is 118 Å². The zero-order valence-corrected chi connectivity index (χ0v) is 11.5. The molecule has 2 rings (SSSR count). The summed E-state index contributed by atoms with van der Waals surface area (Å²) in [6.45, 7) is 4.56. The number of nitrogens with one attached hydrogen (secondary N) is 1. The van der Waals surface area contributed by atoms with Gasteiger partial charge in [-0.1, -0.05) is 6.92 Å². The Hall–Kier alpha value is -2.13. The van der Waals surface area contributed by atoms with Gasteiger partial charge >= 0.3 is 0 Å². The monoisotopic (exact) mass is 274 g/mol. The van der Waals surface area contributed by atoms with Gasteiger partial charge in [0.25, 0.3) is 5.69 Å². The molecule has 1 aromatic rings. The van der Waals surface area contributed by atoms with Gasteiger partial charge in [0.15, 0.2) is 0 Å². The predicted octanol–water partition coefficient (Wildman–Crippen LogP) is 2.04. The van der Waals surface area contributed by atoms with E-state index in [0.29, 0.717) is 11.3 Å². The highest BCUT2D eigenvalue weighted by molar-refractivity contribution is 5.66. The molecule has 0 radical (unpaired) electrons. The number of hydrogen-bond donors (Lipinski definition) is 1. The van der Waals surface area contributed by atoms with Crippen LogP contribution in [0.4, 0.5) is 11.4 Å². The smallest absolute Gasteiger partial charge is 0.292 e. The lowest BCUT2D eigenvalue weighted by molar-refractivity contribution is -0.384. The first kappa shape index (κ1) is 14.3. The van der Waals surface area contributed by atoms with Crippen molar-refractivity contribution in [3.8, 4) is 6.07 Å². The largest absolute Gasteiger partial charge is 0.362 e. The molecular weight excluding hydrogens is 256 g/mol. The van der Waals surface area contributed by atoms with Gasteiger partial charge in [0.2, 0.25) is 0 Å². The second kappa shape index (κ2) is 6.35. The quantitative estimate of drug-likeness (QED) is 0.656. The van der Waals surface area contributed by atoms with Crippen molar-refractivity contribution in [1.82, 2.24) is 5.32 Å².